The van der Waals surface area contributed by atoms with Crippen molar-refractivity contribution in [2.75, 3.05) is 0 Å². The van der Waals surface area contributed by atoms with Crippen molar-refractivity contribution in [3.05, 3.63) is 68.7 Å². The van der Waals surface area contributed by atoms with Gasteiger partial charge in [-0.25, -0.2) is 0 Å². The zero-order valence-corrected chi connectivity index (χ0v) is 13.8. The Balaban J connectivity index is 2.58. The Kier molecular flexibility index (Phi) is 4.69. The molecule has 0 aromatic heterocycles. The predicted octanol–water partition coefficient (Wildman–Crippen LogP) is 6.41. The molecule has 2 aromatic rings. The summed E-state index contributed by atoms with van der Waals surface area (Å²) in [7, 11) is 0. The van der Waals surface area contributed by atoms with Gasteiger partial charge in [-0.3, -0.25) is 0 Å². The van der Waals surface area contributed by atoms with E-state index >= 15 is 0 Å². The Bertz CT molecular complexity index is 665. The summed E-state index contributed by atoms with van der Waals surface area (Å²) in [6.07, 6.45) is -4.44. The molecule has 0 saturated heterocycles. The molecule has 0 bridgehead atoms. The van der Waals surface area contributed by atoms with E-state index in [9.17, 15) is 13.2 Å². The quantitative estimate of drug-likeness (QED) is 0.530. The van der Waals surface area contributed by atoms with Crippen molar-refractivity contribution in [2.24, 2.45) is 0 Å². The topological polar surface area (TPSA) is 0 Å². The lowest BCUT2D eigenvalue weighted by Crippen LogP contribution is -2.11. The highest BCUT2D eigenvalue weighted by atomic mass is 79.9. The first-order valence-corrected chi connectivity index (χ1v) is 7.51. The van der Waals surface area contributed by atoms with E-state index in [0.29, 0.717) is 10.0 Å². The monoisotopic (exact) mass is 376 g/mol. The molecule has 2 rings (SSSR count). The van der Waals surface area contributed by atoms with Crippen LogP contribution in [0.1, 0.15) is 33.2 Å². The minimum absolute atomic E-state index is 0.0704. The number of hydrogen-bond donors (Lipinski definition) is 0. The summed E-state index contributed by atoms with van der Waals surface area (Å²) in [5, 5.41) is -0.838. The Morgan fingerprint density at radius 2 is 1.67 bits per heavy atom. The van der Waals surface area contributed by atoms with Crippen LogP contribution < -0.4 is 0 Å². The number of alkyl halides is 4. The molecule has 0 amide bonds. The largest absolute Gasteiger partial charge is 0.416 e. The van der Waals surface area contributed by atoms with Gasteiger partial charge in [0.25, 0.3) is 0 Å². The van der Waals surface area contributed by atoms with Crippen LogP contribution in [0.25, 0.3) is 0 Å². The molecule has 0 saturated carbocycles. The van der Waals surface area contributed by atoms with Crippen LogP contribution in [0.15, 0.2) is 40.9 Å². The van der Waals surface area contributed by atoms with Gasteiger partial charge in [-0.05, 0) is 42.7 Å². The smallest absolute Gasteiger partial charge is 0.166 e. The standard InChI is InChI=1S/C16H13BrClF3/c1-9-3-4-10(2)13(7-9)15(18)12-6-5-11(17)8-14(12)16(19,20)21/h3-8,15H,1-2H3. The number of halogens is 5. The van der Waals surface area contributed by atoms with Crippen molar-refractivity contribution in [2.45, 2.75) is 25.4 Å². The third kappa shape index (κ3) is 3.61. The summed E-state index contributed by atoms with van der Waals surface area (Å²) in [5.74, 6) is 0. The van der Waals surface area contributed by atoms with E-state index in [1.807, 2.05) is 32.0 Å². The van der Waals surface area contributed by atoms with Crippen molar-refractivity contribution in [1.29, 1.82) is 0 Å². The van der Waals surface area contributed by atoms with E-state index in [2.05, 4.69) is 15.9 Å². The van der Waals surface area contributed by atoms with Crippen molar-refractivity contribution in [3.8, 4) is 0 Å². The van der Waals surface area contributed by atoms with E-state index in [0.717, 1.165) is 17.2 Å². The highest BCUT2D eigenvalue weighted by molar-refractivity contribution is 9.10. The highest BCUT2D eigenvalue weighted by Crippen LogP contribution is 2.41. The van der Waals surface area contributed by atoms with E-state index in [1.165, 1.54) is 6.07 Å². The fourth-order valence-electron chi connectivity index (χ4n) is 2.20. The summed E-state index contributed by atoms with van der Waals surface area (Å²) in [4.78, 5) is 0. The maximum Gasteiger partial charge on any atom is 0.416 e. The first-order chi connectivity index (χ1) is 9.70. The van der Waals surface area contributed by atoms with Gasteiger partial charge in [-0.15, -0.1) is 11.6 Å². The number of benzene rings is 2. The molecule has 0 aliphatic rings. The second-order valence-electron chi connectivity index (χ2n) is 4.95. The fraction of sp³-hybridized carbons (Fsp3) is 0.250. The number of rotatable bonds is 2. The third-order valence-corrected chi connectivity index (χ3v) is 4.27. The summed E-state index contributed by atoms with van der Waals surface area (Å²) in [6.45, 7) is 3.73. The van der Waals surface area contributed by atoms with Gasteiger partial charge in [0.2, 0.25) is 0 Å². The number of aryl methyl sites for hydroxylation is 2. The normalized spacial score (nSPS) is 13.3. The lowest BCUT2D eigenvalue weighted by atomic mass is 9.95. The van der Waals surface area contributed by atoms with E-state index in [4.69, 9.17) is 11.6 Å². The molecule has 1 unspecified atom stereocenters. The zero-order chi connectivity index (χ0) is 15.8. The van der Waals surface area contributed by atoms with Gasteiger partial charge in [0.15, 0.2) is 0 Å². The van der Waals surface area contributed by atoms with Crippen molar-refractivity contribution in [1.82, 2.24) is 0 Å². The molecule has 0 nitrogen and oxygen atoms in total. The number of hydrogen-bond acceptors (Lipinski definition) is 0. The van der Waals surface area contributed by atoms with Crippen LogP contribution in [0.5, 0.6) is 0 Å². The first-order valence-electron chi connectivity index (χ1n) is 6.28. The first kappa shape index (κ1) is 16.4. The maximum atomic E-state index is 13.2. The molecule has 0 heterocycles. The van der Waals surface area contributed by atoms with Crippen molar-refractivity contribution in [3.63, 3.8) is 0 Å². The molecule has 0 N–H and O–H groups in total. The minimum atomic E-state index is -4.44. The Morgan fingerprint density at radius 3 is 2.29 bits per heavy atom. The molecular formula is C16H13BrClF3. The van der Waals surface area contributed by atoms with Crippen LogP contribution in [0.2, 0.25) is 0 Å². The van der Waals surface area contributed by atoms with Gasteiger partial charge in [0.05, 0.1) is 10.9 Å². The van der Waals surface area contributed by atoms with Crippen LogP contribution in [-0.4, -0.2) is 0 Å². The Labute approximate surface area is 135 Å². The molecule has 112 valence electrons. The Hall–Kier alpha value is -1.00. The average molecular weight is 378 g/mol. The second-order valence-corrected chi connectivity index (χ2v) is 6.30. The molecule has 0 aliphatic carbocycles. The molecule has 0 spiro atoms. The van der Waals surface area contributed by atoms with E-state index < -0.39 is 17.1 Å². The Morgan fingerprint density at radius 1 is 1.00 bits per heavy atom. The van der Waals surface area contributed by atoms with Gasteiger partial charge in [0.1, 0.15) is 0 Å². The van der Waals surface area contributed by atoms with E-state index in [1.54, 1.807) is 6.07 Å². The molecule has 0 fully saturated rings. The molecule has 5 heteroatoms. The molecular weight excluding hydrogens is 365 g/mol. The highest BCUT2D eigenvalue weighted by Gasteiger charge is 2.35. The lowest BCUT2D eigenvalue weighted by Gasteiger charge is -2.19. The van der Waals surface area contributed by atoms with Crippen LogP contribution in [0.3, 0.4) is 0 Å². The fourth-order valence-corrected chi connectivity index (χ4v) is 2.98. The molecule has 0 aliphatic heterocycles. The predicted molar refractivity (Wildman–Crippen MR) is 82.8 cm³/mol. The average Bonchev–Trinajstić information content (AvgIpc) is 2.40. The zero-order valence-electron chi connectivity index (χ0n) is 11.4. The van der Waals surface area contributed by atoms with Crippen LogP contribution in [0.4, 0.5) is 13.2 Å². The van der Waals surface area contributed by atoms with Crippen molar-refractivity contribution >= 4 is 27.5 Å². The van der Waals surface area contributed by atoms with Gasteiger partial charge in [-0.1, -0.05) is 45.8 Å². The van der Waals surface area contributed by atoms with Crippen molar-refractivity contribution < 1.29 is 13.2 Å². The second kappa shape index (κ2) is 6.01. The summed E-state index contributed by atoms with van der Waals surface area (Å²) >= 11 is 9.43. The van der Waals surface area contributed by atoms with E-state index in [-0.39, 0.29) is 5.56 Å². The van der Waals surface area contributed by atoms with Crippen LogP contribution in [-0.2, 0) is 6.18 Å². The molecule has 1 atom stereocenters. The van der Waals surface area contributed by atoms with Gasteiger partial charge < -0.3 is 0 Å². The summed E-state index contributed by atoms with van der Waals surface area (Å²) in [6, 6.07) is 9.67. The molecule has 21 heavy (non-hydrogen) atoms. The summed E-state index contributed by atoms with van der Waals surface area (Å²) < 4.78 is 40.0. The summed E-state index contributed by atoms with van der Waals surface area (Å²) in [5.41, 5.74) is 1.90. The lowest BCUT2D eigenvalue weighted by molar-refractivity contribution is -0.138. The minimum Gasteiger partial charge on any atom is -0.166 e. The molecule has 0 radical (unpaired) electrons. The van der Waals surface area contributed by atoms with Gasteiger partial charge in [-0.2, -0.15) is 13.2 Å². The van der Waals surface area contributed by atoms with Gasteiger partial charge >= 0.3 is 6.18 Å². The van der Waals surface area contributed by atoms with Crippen LogP contribution in [0, 0.1) is 13.8 Å². The maximum absolute atomic E-state index is 13.2. The third-order valence-electron chi connectivity index (χ3n) is 3.30. The van der Waals surface area contributed by atoms with Gasteiger partial charge in [0, 0.05) is 4.47 Å². The molecule has 2 aromatic carbocycles. The SMILES string of the molecule is Cc1ccc(C)c(C(Cl)c2ccc(Br)cc2C(F)(F)F)c1. The van der Waals surface area contributed by atoms with Crippen LogP contribution >= 0.6 is 27.5 Å².